The topological polar surface area (TPSA) is 93.5 Å². The van der Waals surface area contributed by atoms with E-state index in [-0.39, 0.29) is 12.3 Å². The van der Waals surface area contributed by atoms with Crippen LogP contribution in [0, 0.1) is 0 Å². The van der Waals surface area contributed by atoms with E-state index in [2.05, 4.69) is 10.3 Å². The summed E-state index contributed by atoms with van der Waals surface area (Å²) in [6.07, 6.45) is 6.09. The van der Waals surface area contributed by atoms with Crippen molar-refractivity contribution in [1.82, 2.24) is 14.9 Å². The largest absolute Gasteiger partial charge is 0.481 e. The molecule has 0 aliphatic carbocycles. The molecule has 2 aromatic heterocycles. The third kappa shape index (κ3) is 3.62. The normalized spacial score (nSPS) is 16.5. The molecule has 1 aliphatic rings. The lowest BCUT2D eigenvalue weighted by molar-refractivity contribution is -0.139. The fraction of sp³-hybridized carbons (Fsp3) is 0.353. The van der Waals surface area contributed by atoms with Crippen LogP contribution in [-0.2, 0) is 9.53 Å². The van der Waals surface area contributed by atoms with Crippen molar-refractivity contribution in [2.45, 2.75) is 24.8 Å². The maximum atomic E-state index is 12.5. The molecule has 1 fully saturated rings. The van der Waals surface area contributed by atoms with E-state index >= 15 is 0 Å². The molecule has 2 N–H and O–H groups in total. The first-order chi connectivity index (χ1) is 11.6. The van der Waals surface area contributed by atoms with Gasteiger partial charge in [-0.3, -0.25) is 9.59 Å². The van der Waals surface area contributed by atoms with Crippen LogP contribution in [0.15, 0.2) is 42.9 Å². The lowest BCUT2D eigenvalue weighted by Crippen LogP contribution is -2.53. The summed E-state index contributed by atoms with van der Waals surface area (Å²) in [6.45, 7) is 0.886. The molecule has 2 aromatic rings. The summed E-state index contributed by atoms with van der Waals surface area (Å²) in [5.41, 5.74) is -0.359. The Morgan fingerprint density at radius 1 is 1.25 bits per heavy atom. The molecule has 1 aliphatic heterocycles. The minimum Gasteiger partial charge on any atom is -0.481 e. The van der Waals surface area contributed by atoms with Gasteiger partial charge >= 0.3 is 5.97 Å². The van der Waals surface area contributed by atoms with Crippen LogP contribution in [0.1, 0.15) is 29.6 Å². The maximum Gasteiger partial charge on any atom is 0.305 e. The maximum absolute atomic E-state index is 12.5. The first-order valence-corrected chi connectivity index (χ1v) is 7.79. The average Bonchev–Trinajstić information content (AvgIpc) is 3.09. The second-order valence-electron chi connectivity index (χ2n) is 5.91. The van der Waals surface area contributed by atoms with E-state index in [1.54, 1.807) is 12.1 Å². The van der Waals surface area contributed by atoms with E-state index in [1.165, 1.54) is 6.20 Å². The molecule has 0 aromatic carbocycles. The van der Waals surface area contributed by atoms with Crippen LogP contribution in [0.5, 0.6) is 0 Å². The van der Waals surface area contributed by atoms with Crippen molar-refractivity contribution >= 4 is 11.9 Å². The van der Waals surface area contributed by atoms with E-state index < -0.39 is 11.5 Å². The number of carboxylic acid groups (broad SMARTS) is 1. The molecule has 7 nitrogen and oxygen atoms in total. The zero-order valence-electron chi connectivity index (χ0n) is 13.1. The van der Waals surface area contributed by atoms with Crippen LogP contribution < -0.4 is 5.32 Å². The molecule has 3 heterocycles. The number of hydrogen-bond acceptors (Lipinski definition) is 4. The number of nitrogens with zero attached hydrogens (tertiary/aromatic N) is 2. The SMILES string of the molecule is O=C(O)CC1(NC(=O)c2ccc(-n3cccc3)nc2)CCOCC1. The number of carbonyl (C=O) groups excluding carboxylic acids is 1. The Morgan fingerprint density at radius 3 is 2.54 bits per heavy atom. The number of rotatable bonds is 5. The van der Waals surface area contributed by atoms with Crippen molar-refractivity contribution in [3.63, 3.8) is 0 Å². The number of pyridine rings is 1. The van der Waals surface area contributed by atoms with E-state index in [4.69, 9.17) is 9.84 Å². The van der Waals surface area contributed by atoms with Gasteiger partial charge in [0.1, 0.15) is 5.82 Å². The van der Waals surface area contributed by atoms with E-state index in [9.17, 15) is 9.59 Å². The number of ether oxygens (including phenoxy) is 1. The fourth-order valence-electron chi connectivity index (χ4n) is 2.87. The molecule has 0 spiro atoms. The van der Waals surface area contributed by atoms with Crippen molar-refractivity contribution in [2.75, 3.05) is 13.2 Å². The van der Waals surface area contributed by atoms with Gasteiger partial charge in [-0.2, -0.15) is 0 Å². The number of amides is 1. The third-order valence-corrected chi connectivity index (χ3v) is 4.20. The van der Waals surface area contributed by atoms with Gasteiger partial charge in [0.2, 0.25) is 0 Å². The molecule has 0 unspecified atom stereocenters. The highest BCUT2D eigenvalue weighted by Crippen LogP contribution is 2.25. The number of nitrogens with one attached hydrogen (secondary N) is 1. The Labute approximate surface area is 139 Å². The highest BCUT2D eigenvalue weighted by Gasteiger charge is 2.36. The van der Waals surface area contributed by atoms with E-state index in [0.29, 0.717) is 37.4 Å². The summed E-state index contributed by atoms with van der Waals surface area (Å²) in [6, 6.07) is 7.22. The molecule has 1 amide bonds. The zero-order valence-corrected chi connectivity index (χ0v) is 13.1. The Balaban J connectivity index is 1.74. The summed E-state index contributed by atoms with van der Waals surface area (Å²) in [4.78, 5) is 27.9. The molecule has 0 saturated carbocycles. The van der Waals surface area contributed by atoms with Crippen LogP contribution in [0.4, 0.5) is 0 Å². The average molecular weight is 329 g/mol. The van der Waals surface area contributed by atoms with Crippen molar-refractivity contribution in [3.8, 4) is 5.82 Å². The second-order valence-corrected chi connectivity index (χ2v) is 5.91. The van der Waals surface area contributed by atoms with Gasteiger partial charge in [0, 0.05) is 31.8 Å². The molecule has 7 heteroatoms. The van der Waals surface area contributed by atoms with Crippen LogP contribution >= 0.6 is 0 Å². The van der Waals surface area contributed by atoms with Crippen LogP contribution in [0.25, 0.3) is 5.82 Å². The van der Waals surface area contributed by atoms with Crippen molar-refractivity contribution in [3.05, 3.63) is 48.4 Å². The molecule has 0 bridgehead atoms. The highest BCUT2D eigenvalue weighted by molar-refractivity contribution is 5.94. The van der Waals surface area contributed by atoms with Gasteiger partial charge in [-0.1, -0.05) is 0 Å². The van der Waals surface area contributed by atoms with Gasteiger partial charge in [0.05, 0.1) is 17.5 Å². The number of carboxylic acids is 1. The van der Waals surface area contributed by atoms with Crippen molar-refractivity contribution < 1.29 is 19.4 Å². The standard InChI is InChI=1S/C17H19N3O4/c21-15(22)11-17(5-9-24-10-6-17)19-16(23)13-3-4-14(18-12-13)20-7-1-2-8-20/h1-4,7-8,12H,5-6,9-11H2,(H,19,23)(H,21,22). The van der Waals surface area contributed by atoms with Crippen LogP contribution in [-0.4, -0.2) is 45.3 Å². The summed E-state index contributed by atoms with van der Waals surface area (Å²) >= 11 is 0. The minimum atomic E-state index is -0.932. The van der Waals surface area contributed by atoms with Crippen LogP contribution in [0.2, 0.25) is 0 Å². The van der Waals surface area contributed by atoms with E-state index in [1.807, 2.05) is 29.1 Å². The fourth-order valence-corrected chi connectivity index (χ4v) is 2.87. The molecule has 0 atom stereocenters. The number of aliphatic carboxylic acids is 1. The van der Waals surface area contributed by atoms with Crippen molar-refractivity contribution in [1.29, 1.82) is 0 Å². The highest BCUT2D eigenvalue weighted by atomic mass is 16.5. The predicted octanol–water partition coefficient (Wildman–Crippen LogP) is 1.63. The number of carbonyl (C=O) groups is 2. The first-order valence-electron chi connectivity index (χ1n) is 7.79. The first kappa shape index (κ1) is 16.2. The summed E-state index contributed by atoms with van der Waals surface area (Å²) in [5, 5.41) is 12.0. The molecule has 1 saturated heterocycles. The third-order valence-electron chi connectivity index (χ3n) is 4.20. The number of hydrogen-bond donors (Lipinski definition) is 2. The molecular weight excluding hydrogens is 310 g/mol. The Morgan fingerprint density at radius 2 is 1.96 bits per heavy atom. The summed E-state index contributed by atoms with van der Waals surface area (Å²) < 4.78 is 7.13. The zero-order chi connectivity index (χ0) is 17.0. The molecule has 24 heavy (non-hydrogen) atoms. The smallest absolute Gasteiger partial charge is 0.305 e. The molecule has 3 rings (SSSR count). The second kappa shape index (κ2) is 6.84. The Kier molecular flexibility index (Phi) is 4.61. The molecule has 126 valence electrons. The van der Waals surface area contributed by atoms with Gasteiger partial charge in [-0.25, -0.2) is 4.98 Å². The van der Waals surface area contributed by atoms with Gasteiger partial charge in [0.15, 0.2) is 0 Å². The van der Waals surface area contributed by atoms with Gasteiger partial charge < -0.3 is 19.7 Å². The van der Waals surface area contributed by atoms with Crippen LogP contribution in [0.3, 0.4) is 0 Å². The van der Waals surface area contributed by atoms with E-state index in [0.717, 1.165) is 0 Å². The number of aromatic nitrogens is 2. The summed E-state index contributed by atoms with van der Waals surface area (Å²) in [7, 11) is 0. The Bertz CT molecular complexity index is 704. The Hall–Kier alpha value is -2.67. The minimum absolute atomic E-state index is 0.114. The lowest BCUT2D eigenvalue weighted by Gasteiger charge is -2.36. The molecular formula is C17H19N3O4. The van der Waals surface area contributed by atoms with Gasteiger partial charge in [0.25, 0.3) is 5.91 Å². The predicted molar refractivity (Wildman–Crippen MR) is 86.1 cm³/mol. The summed E-state index contributed by atoms with van der Waals surface area (Å²) in [5.74, 6) is -0.536. The van der Waals surface area contributed by atoms with Gasteiger partial charge in [-0.15, -0.1) is 0 Å². The van der Waals surface area contributed by atoms with Gasteiger partial charge in [-0.05, 0) is 37.1 Å². The lowest BCUT2D eigenvalue weighted by atomic mass is 9.86. The molecule has 0 radical (unpaired) electrons. The monoisotopic (exact) mass is 329 g/mol. The quantitative estimate of drug-likeness (QED) is 0.869. The van der Waals surface area contributed by atoms with Crippen molar-refractivity contribution in [2.24, 2.45) is 0 Å².